The molecular weight excluding hydrogens is 258 g/mol. The molecule has 1 spiro atoms. The molecule has 0 unspecified atom stereocenters. The topological polar surface area (TPSA) is 21.3 Å². The number of ether oxygens (including phenoxy) is 1. The average Bonchev–Trinajstić information content (AvgIpc) is 2.51. The van der Waals surface area contributed by atoms with Crippen LogP contribution in [0.3, 0.4) is 0 Å². The van der Waals surface area contributed by atoms with Crippen molar-refractivity contribution in [2.24, 2.45) is 5.41 Å². The molecule has 2 saturated carbocycles. The Kier molecular flexibility index (Phi) is 4.26. The van der Waals surface area contributed by atoms with Gasteiger partial charge in [-0.05, 0) is 55.3 Å². The molecule has 0 aromatic heterocycles. The largest absolute Gasteiger partial charge is 0.497 e. The first kappa shape index (κ1) is 14.9. The smallest absolute Gasteiger partial charge is 0.119 e. The molecule has 0 saturated heterocycles. The summed E-state index contributed by atoms with van der Waals surface area (Å²) in [7, 11) is 1.76. The lowest BCUT2D eigenvalue weighted by Crippen LogP contribution is -2.55. The molecule has 2 fully saturated rings. The van der Waals surface area contributed by atoms with Crippen molar-refractivity contribution >= 4 is 0 Å². The summed E-state index contributed by atoms with van der Waals surface area (Å²) in [5.41, 5.74) is 2.46. The van der Waals surface area contributed by atoms with Crippen LogP contribution < -0.4 is 10.1 Å². The number of hydrogen-bond acceptors (Lipinski definition) is 2. The van der Waals surface area contributed by atoms with E-state index in [1.807, 2.05) is 0 Å². The highest BCUT2D eigenvalue weighted by molar-refractivity contribution is 5.37. The maximum absolute atomic E-state index is 5.44. The lowest BCUT2D eigenvalue weighted by molar-refractivity contribution is -0.0126. The minimum Gasteiger partial charge on any atom is -0.497 e. The maximum Gasteiger partial charge on any atom is 0.119 e. The van der Waals surface area contributed by atoms with E-state index in [4.69, 9.17) is 4.74 Å². The molecule has 2 aliphatic rings. The van der Waals surface area contributed by atoms with Crippen LogP contribution in [0.5, 0.6) is 5.75 Å². The molecular formula is C19H29NO. The molecule has 3 rings (SSSR count). The van der Waals surface area contributed by atoms with E-state index in [0.29, 0.717) is 10.8 Å². The molecule has 0 heterocycles. The quantitative estimate of drug-likeness (QED) is 0.872. The first-order valence-electron chi connectivity index (χ1n) is 8.57. The summed E-state index contributed by atoms with van der Waals surface area (Å²) in [6, 6.07) is 8.76. The number of rotatable bonds is 5. The van der Waals surface area contributed by atoms with Gasteiger partial charge in [0.25, 0.3) is 0 Å². The van der Waals surface area contributed by atoms with Crippen molar-refractivity contribution in [2.75, 3.05) is 20.2 Å². The van der Waals surface area contributed by atoms with E-state index < -0.39 is 0 Å². The highest BCUT2D eigenvalue weighted by atomic mass is 16.5. The van der Waals surface area contributed by atoms with Crippen LogP contribution in [0.25, 0.3) is 0 Å². The summed E-state index contributed by atoms with van der Waals surface area (Å²) in [5, 5.41) is 3.61. The fraction of sp³-hybridized carbons (Fsp3) is 0.684. The monoisotopic (exact) mass is 287 g/mol. The number of nitrogens with one attached hydrogen (secondary N) is 1. The molecule has 2 heteroatoms. The molecule has 0 amide bonds. The van der Waals surface area contributed by atoms with Crippen molar-refractivity contribution in [3.05, 3.63) is 29.8 Å². The van der Waals surface area contributed by atoms with Gasteiger partial charge in [0.1, 0.15) is 5.75 Å². The van der Waals surface area contributed by atoms with Crippen LogP contribution in [-0.4, -0.2) is 20.2 Å². The Labute approximate surface area is 129 Å². The second-order valence-electron chi connectivity index (χ2n) is 7.21. The lowest BCUT2D eigenvalue weighted by atomic mass is 9.46. The summed E-state index contributed by atoms with van der Waals surface area (Å²) in [5.74, 6) is 0.993. The molecule has 0 aliphatic heterocycles. The van der Waals surface area contributed by atoms with Crippen molar-refractivity contribution in [3.63, 3.8) is 0 Å². The fourth-order valence-corrected chi connectivity index (χ4v) is 4.79. The minimum absolute atomic E-state index is 0.335. The number of likely N-dealkylation sites (N-methyl/N-ethyl adjacent to an activating group) is 1. The zero-order valence-corrected chi connectivity index (χ0v) is 13.6. The van der Waals surface area contributed by atoms with E-state index in [2.05, 4.69) is 36.5 Å². The van der Waals surface area contributed by atoms with Crippen molar-refractivity contribution in [2.45, 2.75) is 57.3 Å². The van der Waals surface area contributed by atoms with Gasteiger partial charge in [0.15, 0.2) is 0 Å². The zero-order chi connectivity index (χ0) is 14.8. The van der Waals surface area contributed by atoms with E-state index in [-0.39, 0.29) is 0 Å². The summed E-state index contributed by atoms with van der Waals surface area (Å²) in [4.78, 5) is 0. The van der Waals surface area contributed by atoms with Crippen LogP contribution >= 0.6 is 0 Å². The molecule has 0 radical (unpaired) electrons. The second-order valence-corrected chi connectivity index (χ2v) is 7.21. The predicted octanol–water partition coefficient (Wildman–Crippen LogP) is 4.29. The Morgan fingerprint density at radius 3 is 2.57 bits per heavy atom. The van der Waals surface area contributed by atoms with Crippen LogP contribution in [0.15, 0.2) is 24.3 Å². The molecule has 1 aromatic carbocycles. The SMILES string of the molecule is CCNCC1(c2cccc(OC)c2)CC2(CCCCC2)C1. The van der Waals surface area contributed by atoms with Crippen molar-refractivity contribution in [1.82, 2.24) is 5.32 Å². The van der Waals surface area contributed by atoms with Gasteiger partial charge in [0.2, 0.25) is 0 Å². The lowest BCUT2D eigenvalue weighted by Gasteiger charge is -2.59. The second kappa shape index (κ2) is 6.00. The van der Waals surface area contributed by atoms with Crippen LogP contribution in [0, 0.1) is 5.41 Å². The van der Waals surface area contributed by atoms with Gasteiger partial charge in [-0.15, -0.1) is 0 Å². The van der Waals surface area contributed by atoms with Crippen molar-refractivity contribution < 1.29 is 4.74 Å². The van der Waals surface area contributed by atoms with E-state index >= 15 is 0 Å². The summed E-state index contributed by atoms with van der Waals surface area (Å²) < 4.78 is 5.44. The number of hydrogen-bond donors (Lipinski definition) is 1. The summed E-state index contributed by atoms with van der Waals surface area (Å²) in [6.07, 6.45) is 9.95. The van der Waals surface area contributed by atoms with E-state index in [1.165, 1.54) is 50.5 Å². The molecule has 1 N–H and O–H groups in total. The zero-order valence-electron chi connectivity index (χ0n) is 13.6. The van der Waals surface area contributed by atoms with Gasteiger partial charge in [-0.25, -0.2) is 0 Å². The highest BCUT2D eigenvalue weighted by Crippen LogP contribution is 2.61. The van der Waals surface area contributed by atoms with Gasteiger partial charge in [-0.1, -0.05) is 38.3 Å². The molecule has 2 aliphatic carbocycles. The third kappa shape index (κ3) is 2.83. The van der Waals surface area contributed by atoms with E-state index in [1.54, 1.807) is 7.11 Å². The molecule has 1 aromatic rings. The normalized spacial score (nSPS) is 22.8. The number of methoxy groups -OCH3 is 1. The average molecular weight is 287 g/mol. The Hall–Kier alpha value is -1.02. The van der Waals surface area contributed by atoms with Crippen LogP contribution in [0.1, 0.15) is 57.4 Å². The van der Waals surface area contributed by atoms with Crippen LogP contribution in [0.2, 0.25) is 0 Å². The van der Waals surface area contributed by atoms with Gasteiger partial charge in [0.05, 0.1) is 7.11 Å². The Morgan fingerprint density at radius 2 is 1.90 bits per heavy atom. The van der Waals surface area contributed by atoms with Crippen LogP contribution in [-0.2, 0) is 5.41 Å². The van der Waals surface area contributed by atoms with Crippen molar-refractivity contribution in [1.29, 1.82) is 0 Å². The molecule has 21 heavy (non-hydrogen) atoms. The first-order chi connectivity index (χ1) is 10.2. The Balaban J connectivity index is 1.81. The molecule has 116 valence electrons. The summed E-state index contributed by atoms with van der Waals surface area (Å²) >= 11 is 0. The summed E-state index contributed by atoms with van der Waals surface area (Å²) in [6.45, 7) is 4.37. The van der Waals surface area contributed by atoms with Gasteiger partial charge >= 0.3 is 0 Å². The fourth-order valence-electron chi connectivity index (χ4n) is 4.79. The van der Waals surface area contributed by atoms with E-state index in [0.717, 1.165) is 18.8 Å². The third-order valence-corrected chi connectivity index (χ3v) is 5.74. The number of benzene rings is 1. The van der Waals surface area contributed by atoms with Gasteiger partial charge in [0, 0.05) is 12.0 Å². The van der Waals surface area contributed by atoms with Gasteiger partial charge in [-0.3, -0.25) is 0 Å². The van der Waals surface area contributed by atoms with Gasteiger partial charge < -0.3 is 10.1 Å². The maximum atomic E-state index is 5.44. The first-order valence-corrected chi connectivity index (χ1v) is 8.57. The van der Waals surface area contributed by atoms with Crippen LogP contribution in [0.4, 0.5) is 0 Å². The highest BCUT2D eigenvalue weighted by Gasteiger charge is 2.54. The Morgan fingerprint density at radius 1 is 1.14 bits per heavy atom. The van der Waals surface area contributed by atoms with Gasteiger partial charge in [-0.2, -0.15) is 0 Å². The molecule has 0 bridgehead atoms. The minimum atomic E-state index is 0.335. The third-order valence-electron chi connectivity index (χ3n) is 5.74. The molecule has 2 nitrogen and oxygen atoms in total. The molecule has 0 atom stereocenters. The predicted molar refractivity (Wildman–Crippen MR) is 88.0 cm³/mol. The Bertz CT molecular complexity index is 468. The van der Waals surface area contributed by atoms with E-state index in [9.17, 15) is 0 Å². The standard InChI is InChI=1S/C19H29NO/c1-3-20-15-19(16-8-7-9-17(12-16)21-2)13-18(14-19)10-5-4-6-11-18/h7-9,12,20H,3-6,10-11,13-15H2,1-2H3. The van der Waals surface area contributed by atoms with Crippen molar-refractivity contribution in [3.8, 4) is 5.75 Å².